The molecule has 0 aromatic carbocycles. The lowest BCUT2D eigenvalue weighted by atomic mass is 10.1. The maximum atomic E-state index is 11.7. The molecule has 0 aliphatic rings. The third kappa shape index (κ3) is 3.77. The summed E-state index contributed by atoms with van der Waals surface area (Å²) in [6.07, 6.45) is 0. The zero-order chi connectivity index (χ0) is 13.1. The van der Waals surface area contributed by atoms with Crippen LogP contribution in [0.4, 0.5) is 0 Å². The van der Waals surface area contributed by atoms with Gasteiger partial charge in [-0.15, -0.1) is 0 Å². The molecule has 1 unspecified atom stereocenters. The monoisotopic (exact) mass is 259 g/mol. The number of amides is 1. The normalized spacial score (nSPS) is 11.9. The van der Waals surface area contributed by atoms with E-state index in [2.05, 4.69) is 19.9 Å². The first kappa shape index (κ1) is 14.1. The summed E-state index contributed by atoms with van der Waals surface area (Å²) in [5, 5.41) is 15.1. The van der Waals surface area contributed by atoms with E-state index in [0.29, 0.717) is 6.54 Å². The Labute approximate surface area is 103 Å². The minimum absolute atomic E-state index is 0.177. The second-order valence-corrected chi connectivity index (χ2v) is 5.22. The van der Waals surface area contributed by atoms with Crippen molar-refractivity contribution in [1.82, 2.24) is 15.1 Å². The predicted molar refractivity (Wildman–Crippen MR) is 66.3 cm³/mol. The number of nitrogens with one attached hydrogen (secondary N) is 1. The van der Waals surface area contributed by atoms with Crippen molar-refractivity contribution >= 4 is 15.3 Å². The largest absolute Gasteiger partial charge is 0.388 e. The second-order valence-electron chi connectivity index (χ2n) is 4.44. The molecule has 7 heteroatoms. The van der Waals surface area contributed by atoms with Crippen LogP contribution in [0.15, 0.2) is 10.6 Å². The molecular formula is C10H18N3O3P. The van der Waals surface area contributed by atoms with Crippen molar-refractivity contribution in [3.63, 3.8) is 0 Å². The van der Waals surface area contributed by atoms with Crippen molar-refractivity contribution in [2.45, 2.75) is 26.0 Å². The van der Waals surface area contributed by atoms with Crippen molar-refractivity contribution in [1.29, 1.82) is 0 Å². The first-order valence-electron chi connectivity index (χ1n) is 5.20. The van der Waals surface area contributed by atoms with E-state index in [-0.39, 0.29) is 29.5 Å². The number of rotatable bonds is 5. The van der Waals surface area contributed by atoms with Gasteiger partial charge in [0, 0.05) is 18.2 Å². The van der Waals surface area contributed by atoms with Crippen LogP contribution in [0.25, 0.3) is 0 Å². The van der Waals surface area contributed by atoms with Crippen molar-refractivity contribution in [2.75, 3.05) is 13.6 Å². The number of likely N-dealkylation sites (N-methyl/N-ethyl adjacent to an activating group) is 1. The highest BCUT2D eigenvalue weighted by Crippen LogP contribution is 2.15. The number of aliphatic hydroxyl groups is 1. The van der Waals surface area contributed by atoms with E-state index in [9.17, 15) is 4.79 Å². The van der Waals surface area contributed by atoms with E-state index in [0.717, 1.165) is 0 Å². The summed E-state index contributed by atoms with van der Waals surface area (Å²) in [6.45, 7) is 4.22. The molecule has 1 rings (SSSR count). The molecule has 1 amide bonds. The minimum atomic E-state index is -0.312. The fourth-order valence-electron chi connectivity index (χ4n) is 1.01. The molecule has 1 aromatic heterocycles. The fourth-order valence-corrected chi connectivity index (χ4v) is 1.10. The van der Waals surface area contributed by atoms with Crippen LogP contribution >= 0.6 is 9.39 Å². The quantitative estimate of drug-likeness (QED) is 0.748. The summed E-state index contributed by atoms with van der Waals surface area (Å²) in [6, 6.07) is 1.42. The van der Waals surface area contributed by atoms with Gasteiger partial charge in [0.2, 0.25) is 0 Å². The Balaban J connectivity index is 2.56. The van der Waals surface area contributed by atoms with Crippen LogP contribution in [0, 0.1) is 0 Å². The molecule has 0 aliphatic carbocycles. The van der Waals surface area contributed by atoms with E-state index in [1.165, 1.54) is 6.07 Å². The molecule has 0 fully saturated rings. The van der Waals surface area contributed by atoms with Gasteiger partial charge in [-0.25, -0.2) is 0 Å². The zero-order valence-electron chi connectivity index (χ0n) is 10.2. The van der Waals surface area contributed by atoms with Gasteiger partial charge in [-0.2, -0.15) is 0 Å². The average molecular weight is 259 g/mol. The number of carbonyl (C=O) groups is 1. The van der Waals surface area contributed by atoms with Crippen molar-refractivity contribution in [3.8, 4) is 0 Å². The Bertz CT molecular complexity index is 390. The fraction of sp³-hybridized carbons (Fsp3) is 0.600. The average Bonchev–Trinajstić information content (AvgIpc) is 2.74. The molecule has 1 atom stereocenters. The van der Waals surface area contributed by atoms with Gasteiger partial charge in [-0.05, 0) is 20.9 Å². The first-order chi connectivity index (χ1) is 7.86. The molecule has 96 valence electrons. The molecule has 0 bridgehead atoms. The van der Waals surface area contributed by atoms with E-state index in [4.69, 9.17) is 9.63 Å². The highest BCUT2D eigenvalue weighted by atomic mass is 31.0. The molecule has 0 saturated heterocycles. The summed E-state index contributed by atoms with van der Waals surface area (Å²) in [7, 11) is 4.48. The van der Waals surface area contributed by atoms with Crippen LogP contribution in [0.3, 0.4) is 0 Å². The van der Waals surface area contributed by atoms with E-state index < -0.39 is 0 Å². The van der Waals surface area contributed by atoms with Gasteiger partial charge in [0.1, 0.15) is 6.61 Å². The number of hydrogen-bond acceptors (Lipinski definition) is 5. The summed E-state index contributed by atoms with van der Waals surface area (Å²) < 4.78 is 6.68. The first-order valence-corrected chi connectivity index (χ1v) is 5.71. The lowest BCUT2D eigenvalue weighted by Gasteiger charge is -2.32. The Morgan fingerprint density at radius 2 is 2.35 bits per heavy atom. The van der Waals surface area contributed by atoms with Gasteiger partial charge in [-0.3, -0.25) is 9.46 Å². The molecule has 1 aromatic rings. The molecule has 0 spiro atoms. The summed E-state index contributed by atoms with van der Waals surface area (Å²) in [4.78, 5) is 11.7. The third-order valence-corrected chi connectivity index (χ3v) is 3.28. The molecular weight excluding hydrogens is 241 g/mol. The van der Waals surface area contributed by atoms with Gasteiger partial charge in [-0.1, -0.05) is 14.5 Å². The molecule has 0 aliphatic heterocycles. The number of carbonyl (C=O) groups excluding carboxylic acids is 1. The molecule has 2 N–H and O–H groups in total. The van der Waals surface area contributed by atoms with Crippen LogP contribution < -0.4 is 5.32 Å². The van der Waals surface area contributed by atoms with E-state index in [1.54, 1.807) is 0 Å². The van der Waals surface area contributed by atoms with Crippen molar-refractivity contribution in [3.05, 3.63) is 17.5 Å². The summed E-state index contributed by atoms with van der Waals surface area (Å²) in [5.41, 5.74) is 0.000376. The Morgan fingerprint density at radius 1 is 1.71 bits per heavy atom. The maximum Gasteiger partial charge on any atom is 0.273 e. The number of nitrogens with zero attached hydrogens (tertiary/aromatic N) is 2. The van der Waals surface area contributed by atoms with Gasteiger partial charge < -0.3 is 14.9 Å². The summed E-state index contributed by atoms with van der Waals surface area (Å²) in [5.74, 6) is -0.0362. The minimum Gasteiger partial charge on any atom is -0.388 e. The van der Waals surface area contributed by atoms with Crippen LogP contribution in [-0.4, -0.2) is 40.0 Å². The molecule has 6 nitrogen and oxygen atoms in total. The molecule has 0 radical (unpaired) electrons. The Hall–Kier alpha value is -0.970. The van der Waals surface area contributed by atoms with Crippen LogP contribution in [0.5, 0.6) is 0 Å². The molecule has 1 heterocycles. The molecule has 0 saturated carbocycles. The second kappa shape index (κ2) is 5.58. The van der Waals surface area contributed by atoms with E-state index in [1.807, 2.05) is 25.6 Å². The van der Waals surface area contributed by atoms with Crippen LogP contribution in [0.1, 0.15) is 30.1 Å². The molecule has 17 heavy (non-hydrogen) atoms. The van der Waals surface area contributed by atoms with Crippen molar-refractivity contribution in [2.24, 2.45) is 0 Å². The van der Waals surface area contributed by atoms with Gasteiger partial charge in [0.05, 0.1) is 0 Å². The number of aromatic nitrogens is 1. The lowest BCUT2D eigenvalue weighted by molar-refractivity contribution is 0.0925. The summed E-state index contributed by atoms with van der Waals surface area (Å²) >= 11 is 0. The van der Waals surface area contributed by atoms with Gasteiger partial charge >= 0.3 is 0 Å². The van der Waals surface area contributed by atoms with Crippen LogP contribution in [-0.2, 0) is 6.61 Å². The topological polar surface area (TPSA) is 78.6 Å². The lowest BCUT2D eigenvalue weighted by Crippen LogP contribution is -2.45. The standard InChI is InChI=1S/C10H18N3O3P/c1-10(2,13(3)17)6-11-9(15)8-4-7(5-14)16-12-8/h4,14H,5-6,17H2,1-3H3,(H,11,15). The van der Waals surface area contributed by atoms with E-state index >= 15 is 0 Å². The number of hydrogen-bond donors (Lipinski definition) is 2. The predicted octanol–water partition coefficient (Wildman–Crippen LogP) is 0.397. The van der Waals surface area contributed by atoms with Crippen molar-refractivity contribution < 1.29 is 14.4 Å². The van der Waals surface area contributed by atoms with Gasteiger partial charge in [0.15, 0.2) is 11.5 Å². The third-order valence-electron chi connectivity index (χ3n) is 2.58. The number of aliphatic hydroxyl groups excluding tert-OH is 1. The Morgan fingerprint density at radius 3 is 2.82 bits per heavy atom. The zero-order valence-corrected chi connectivity index (χ0v) is 11.4. The Kier molecular flexibility index (Phi) is 4.62. The highest BCUT2D eigenvalue weighted by molar-refractivity contribution is 7.13. The van der Waals surface area contributed by atoms with Gasteiger partial charge in [0.25, 0.3) is 5.91 Å². The highest BCUT2D eigenvalue weighted by Gasteiger charge is 2.22. The SMILES string of the molecule is CN(P)C(C)(C)CNC(=O)c1cc(CO)on1. The maximum absolute atomic E-state index is 11.7. The van der Waals surface area contributed by atoms with Crippen LogP contribution in [0.2, 0.25) is 0 Å². The smallest absolute Gasteiger partial charge is 0.273 e.